The van der Waals surface area contributed by atoms with Gasteiger partial charge >= 0.3 is 0 Å². The zero-order valence-corrected chi connectivity index (χ0v) is 22.1. The molecule has 3 aromatic carbocycles. The molecule has 0 aliphatic heterocycles. The van der Waals surface area contributed by atoms with Crippen LogP contribution < -0.4 is 10.6 Å². The van der Waals surface area contributed by atoms with Gasteiger partial charge in [0.2, 0.25) is 20.8 Å². The highest BCUT2D eigenvalue weighted by Gasteiger charge is 2.27. The topological polar surface area (TPSA) is 131 Å². The number of rotatable bonds is 7. The number of fused-ring (bicyclic) bond motifs is 1. The van der Waals surface area contributed by atoms with Crippen LogP contribution in [0.4, 0.5) is 11.4 Å². The average molecular weight is 561 g/mol. The highest BCUT2D eigenvalue weighted by Crippen LogP contribution is 2.32. The molecule has 39 heavy (non-hydrogen) atoms. The Morgan fingerprint density at radius 2 is 1.59 bits per heavy atom. The third kappa shape index (κ3) is 5.52. The first kappa shape index (κ1) is 26.1. The van der Waals surface area contributed by atoms with Crippen molar-refractivity contribution in [2.24, 2.45) is 0 Å². The largest absolute Gasteiger partial charge is 0.449 e. The number of hydrogen-bond donors (Lipinski definition) is 2. The number of hydrogen-bond acceptors (Lipinski definition) is 7. The summed E-state index contributed by atoms with van der Waals surface area (Å²) in [6.07, 6.45) is 1.06. The summed E-state index contributed by atoms with van der Waals surface area (Å²) < 4.78 is 31.9. The van der Waals surface area contributed by atoms with E-state index < -0.39 is 26.8 Å². The first-order chi connectivity index (χ1) is 18.7. The van der Waals surface area contributed by atoms with Crippen molar-refractivity contribution in [3.8, 4) is 0 Å². The zero-order chi connectivity index (χ0) is 27.6. The number of benzene rings is 3. The third-order valence-corrected chi connectivity index (χ3v) is 7.61. The summed E-state index contributed by atoms with van der Waals surface area (Å²) in [5.74, 6) is -1.93. The molecular weight excluding hydrogens is 540 g/mol. The molecule has 2 aromatic heterocycles. The Labute approximate surface area is 228 Å². The molecule has 0 spiro atoms. The van der Waals surface area contributed by atoms with Gasteiger partial charge in [0, 0.05) is 11.1 Å². The van der Waals surface area contributed by atoms with Gasteiger partial charge in [0.25, 0.3) is 11.8 Å². The van der Waals surface area contributed by atoms with Crippen molar-refractivity contribution in [1.82, 2.24) is 9.97 Å². The second-order valence-corrected chi connectivity index (χ2v) is 10.9. The molecule has 0 aliphatic carbocycles. The lowest BCUT2D eigenvalue weighted by Crippen LogP contribution is -2.20. The van der Waals surface area contributed by atoms with Crippen molar-refractivity contribution in [3.05, 3.63) is 113 Å². The van der Waals surface area contributed by atoms with Crippen LogP contribution >= 0.6 is 11.6 Å². The number of amides is 2. The predicted molar refractivity (Wildman–Crippen MR) is 148 cm³/mol. The molecular formula is C28H21ClN4O5S. The van der Waals surface area contributed by atoms with E-state index in [0.29, 0.717) is 22.2 Å². The van der Waals surface area contributed by atoms with Gasteiger partial charge < -0.3 is 15.1 Å². The zero-order valence-electron chi connectivity index (χ0n) is 20.5. The van der Waals surface area contributed by atoms with E-state index in [-0.39, 0.29) is 27.9 Å². The van der Waals surface area contributed by atoms with Gasteiger partial charge in [-0.15, -0.1) is 0 Å². The van der Waals surface area contributed by atoms with E-state index >= 15 is 0 Å². The van der Waals surface area contributed by atoms with Crippen LogP contribution in [0.25, 0.3) is 11.0 Å². The molecule has 0 saturated carbocycles. The lowest BCUT2D eigenvalue weighted by atomic mass is 10.1. The molecule has 11 heteroatoms. The summed E-state index contributed by atoms with van der Waals surface area (Å²) in [5.41, 5.74) is 1.99. The van der Waals surface area contributed by atoms with Gasteiger partial charge in [-0.05, 0) is 42.3 Å². The minimum atomic E-state index is -4.00. The molecule has 9 nitrogen and oxygen atoms in total. The summed E-state index contributed by atoms with van der Waals surface area (Å²) in [5, 5.41) is 5.11. The van der Waals surface area contributed by atoms with Crippen molar-refractivity contribution in [2.75, 3.05) is 10.6 Å². The van der Waals surface area contributed by atoms with Crippen LogP contribution in [0, 0.1) is 6.92 Å². The van der Waals surface area contributed by atoms with E-state index in [1.54, 1.807) is 79.7 Å². The maximum Gasteiger partial charge on any atom is 0.293 e. The van der Waals surface area contributed by atoms with Crippen molar-refractivity contribution in [1.29, 1.82) is 0 Å². The van der Waals surface area contributed by atoms with Crippen LogP contribution in [-0.4, -0.2) is 30.2 Å². The number of sulfone groups is 1. The lowest BCUT2D eigenvalue weighted by Gasteiger charge is -2.10. The number of halogens is 1. The monoisotopic (exact) mass is 560 g/mol. The normalized spacial score (nSPS) is 11.3. The second kappa shape index (κ2) is 10.7. The van der Waals surface area contributed by atoms with Crippen LogP contribution in [0.3, 0.4) is 0 Å². The van der Waals surface area contributed by atoms with E-state index in [9.17, 15) is 18.0 Å². The van der Waals surface area contributed by atoms with Crippen LogP contribution in [0.1, 0.15) is 32.2 Å². The molecule has 2 heterocycles. The van der Waals surface area contributed by atoms with E-state index in [1.165, 1.54) is 0 Å². The first-order valence-corrected chi connectivity index (χ1v) is 13.7. The lowest BCUT2D eigenvalue weighted by molar-refractivity contribution is 0.0999. The van der Waals surface area contributed by atoms with E-state index in [0.717, 1.165) is 11.8 Å². The number of para-hydroxylation sites is 2. The number of carbonyl (C=O) groups is 2. The Balaban J connectivity index is 1.48. The van der Waals surface area contributed by atoms with Gasteiger partial charge in [-0.2, -0.15) is 0 Å². The molecule has 5 aromatic rings. The molecule has 2 amide bonds. The van der Waals surface area contributed by atoms with Crippen LogP contribution in [0.5, 0.6) is 0 Å². The highest BCUT2D eigenvalue weighted by molar-refractivity contribution is 7.90. The van der Waals surface area contributed by atoms with Gasteiger partial charge in [-0.25, -0.2) is 18.4 Å². The van der Waals surface area contributed by atoms with Crippen LogP contribution in [0.2, 0.25) is 5.02 Å². The summed E-state index contributed by atoms with van der Waals surface area (Å²) in [6.45, 7) is 1.80. The Morgan fingerprint density at radius 3 is 2.36 bits per heavy atom. The summed E-state index contributed by atoms with van der Waals surface area (Å²) in [6, 6.07) is 22.6. The molecule has 0 unspecified atom stereocenters. The van der Waals surface area contributed by atoms with E-state index in [4.69, 9.17) is 16.0 Å². The Kier molecular flexibility index (Phi) is 7.14. The maximum absolute atomic E-state index is 13.3. The molecule has 0 aliphatic rings. The molecule has 2 N–H and O–H groups in total. The molecule has 0 radical (unpaired) electrons. The molecule has 0 saturated heterocycles. The van der Waals surface area contributed by atoms with Gasteiger partial charge in [0.05, 0.1) is 17.0 Å². The van der Waals surface area contributed by atoms with Gasteiger partial charge in [-0.1, -0.05) is 66.2 Å². The number of nitrogens with one attached hydrogen (secondary N) is 2. The van der Waals surface area contributed by atoms with Crippen molar-refractivity contribution < 1.29 is 22.4 Å². The molecule has 196 valence electrons. The number of furan rings is 1. The average Bonchev–Trinajstić information content (AvgIpc) is 3.29. The fourth-order valence-corrected chi connectivity index (χ4v) is 5.40. The number of nitrogens with zero attached hydrogens (tertiary/aromatic N) is 2. The van der Waals surface area contributed by atoms with Crippen LogP contribution in [-0.2, 0) is 15.6 Å². The third-order valence-electron chi connectivity index (χ3n) is 5.89. The molecule has 0 fully saturated rings. The van der Waals surface area contributed by atoms with E-state index in [1.807, 2.05) is 6.07 Å². The van der Waals surface area contributed by atoms with Crippen molar-refractivity contribution in [2.45, 2.75) is 17.8 Å². The number of carbonyl (C=O) groups excluding carboxylic acids is 2. The fraction of sp³-hybridized carbons (Fsp3) is 0.0714. The predicted octanol–water partition coefficient (Wildman–Crippen LogP) is 5.66. The number of aromatic nitrogens is 2. The first-order valence-electron chi connectivity index (χ1n) is 11.7. The molecule has 0 atom stereocenters. The fourth-order valence-electron chi connectivity index (χ4n) is 3.91. The smallest absolute Gasteiger partial charge is 0.293 e. The highest BCUT2D eigenvalue weighted by atomic mass is 35.5. The molecule has 0 bridgehead atoms. The van der Waals surface area contributed by atoms with Crippen molar-refractivity contribution in [3.63, 3.8) is 0 Å². The second-order valence-electron chi connectivity index (χ2n) is 8.61. The minimum Gasteiger partial charge on any atom is -0.449 e. The number of anilines is 2. The maximum atomic E-state index is 13.3. The van der Waals surface area contributed by atoms with Gasteiger partial charge in [0.1, 0.15) is 11.3 Å². The summed E-state index contributed by atoms with van der Waals surface area (Å²) >= 11 is 6.21. The van der Waals surface area contributed by atoms with Crippen LogP contribution in [0.15, 0.2) is 94.6 Å². The molecule has 5 rings (SSSR count). The standard InChI is InChI=1S/C28H21ClN4O5S/c1-17-9-5-6-10-18(17)16-39(36,37)28-30-15-21(29)24(33-28)26(34)32-23-20-13-7-8-14-22(20)38-25(23)27(35)31-19-11-3-2-4-12-19/h2-15H,16H2,1H3,(H,31,35)(H,32,34). The van der Waals surface area contributed by atoms with Crippen molar-refractivity contribution >= 4 is 55.6 Å². The van der Waals surface area contributed by atoms with Gasteiger partial charge in [-0.3, -0.25) is 9.59 Å². The minimum absolute atomic E-state index is 0.0861. The van der Waals surface area contributed by atoms with Gasteiger partial charge in [0.15, 0.2) is 5.69 Å². The Hall–Kier alpha value is -4.54. The summed E-state index contributed by atoms with van der Waals surface area (Å²) in [4.78, 5) is 34.3. The SMILES string of the molecule is Cc1ccccc1CS(=O)(=O)c1ncc(Cl)c(C(=O)Nc2c(C(=O)Nc3ccccc3)oc3ccccc23)n1. The Bertz CT molecular complexity index is 1820. The quantitative estimate of drug-likeness (QED) is 0.245. The summed E-state index contributed by atoms with van der Waals surface area (Å²) in [7, 11) is -4.00. The number of aryl methyl sites for hydroxylation is 1. The Morgan fingerprint density at radius 1 is 0.897 bits per heavy atom. The van der Waals surface area contributed by atoms with E-state index in [2.05, 4.69) is 20.6 Å².